The molecular formula is C15H14ClN3. The molecule has 0 amide bonds. The van der Waals surface area contributed by atoms with E-state index in [0.717, 1.165) is 28.5 Å². The van der Waals surface area contributed by atoms with Crippen molar-refractivity contribution in [3.63, 3.8) is 0 Å². The van der Waals surface area contributed by atoms with Gasteiger partial charge in [-0.05, 0) is 30.8 Å². The number of hydrogen-bond acceptors (Lipinski definition) is 2. The fourth-order valence-corrected chi connectivity index (χ4v) is 2.55. The van der Waals surface area contributed by atoms with Gasteiger partial charge in [-0.15, -0.1) is 0 Å². The lowest BCUT2D eigenvalue weighted by molar-refractivity contribution is 0.818. The minimum atomic E-state index is 0.758. The van der Waals surface area contributed by atoms with Crippen LogP contribution in [0.15, 0.2) is 48.8 Å². The molecule has 2 aromatic heterocycles. The molecule has 19 heavy (non-hydrogen) atoms. The van der Waals surface area contributed by atoms with Crippen LogP contribution >= 0.6 is 11.6 Å². The van der Waals surface area contributed by atoms with Crippen LogP contribution in [0.1, 0.15) is 5.56 Å². The Hall–Kier alpha value is -1.84. The summed E-state index contributed by atoms with van der Waals surface area (Å²) < 4.78 is 2.04. The van der Waals surface area contributed by atoms with Gasteiger partial charge in [0.05, 0.1) is 10.7 Å². The van der Waals surface area contributed by atoms with Crippen molar-refractivity contribution in [1.82, 2.24) is 14.7 Å². The molecule has 0 fully saturated rings. The highest BCUT2D eigenvalue weighted by Gasteiger charge is 2.08. The van der Waals surface area contributed by atoms with Crippen molar-refractivity contribution in [2.45, 2.75) is 6.54 Å². The van der Waals surface area contributed by atoms with Crippen molar-refractivity contribution >= 4 is 17.2 Å². The lowest BCUT2D eigenvalue weighted by Gasteiger charge is -2.09. The normalized spacial score (nSPS) is 11.1. The fourth-order valence-electron chi connectivity index (χ4n) is 2.25. The van der Waals surface area contributed by atoms with Crippen LogP contribution in [0.3, 0.4) is 0 Å². The molecular weight excluding hydrogens is 258 g/mol. The molecule has 0 saturated heterocycles. The van der Waals surface area contributed by atoms with E-state index in [2.05, 4.69) is 22.4 Å². The predicted octanol–water partition coefficient (Wildman–Crippen LogP) is 3.37. The summed E-state index contributed by atoms with van der Waals surface area (Å²) in [6.45, 7) is 0.815. The van der Waals surface area contributed by atoms with Gasteiger partial charge in [0.25, 0.3) is 0 Å². The van der Waals surface area contributed by atoms with Crippen LogP contribution in [-0.4, -0.2) is 16.4 Å². The van der Waals surface area contributed by atoms with Crippen LogP contribution in [-0.2, 0) is 6.54 Å². The second-order valence-corrected chi connectivity index (χ2v) is 4.82. The number of benzene rings is 1. The molecule has 2 heterocycles. The number of rotatable bonds is 3. The Morgan fingerprint density at radius 2 is 2.16 bits per heavy atom. The topological polar surface area (TPSA) is 29.3 Å². The smallest absolute Gasteiger partial charge is 0.137 e. The van der Waals surface area contributed by atoms with E-state index in [4.69, 9.17) is 11.6 Å². The highest BCUT2D eigenvalue weighted by Crippen LogP contribution is 2.29. The van der Waals surface area contributed by atoms with E-state index in [-0.39, 0.29) is 0 Å². The lowest BCUT2D eigenvalue weighted by Crippen LogP contribution is -2.04. The van der Waals surface area contributed by atoms with E-state index in [1.165, 1.54) is 5.56 Å². The molecule has 0 aliphatic carbocycles. The van der Waals surface area contributed by atoms with Crippen molar-refractivity contribution < 1.29 is 0 Å². The van der Waals surface area contributed by atoms with Gasteiger partial charge in [-0.25, -0.2) is 4.98 Å². The molecule has 0 radical (unpaired) electrons. The lowest BCUT2D eigenvalue weighted by atomic mass is 10.1. The van der Waals surface area contributed by atoms with E-state index in [1.54, 1.807) is 6.20 Å². The number of fused-ring (bicyclic) bond motifs is 1. The fraction of sp³-hybridized carbons (Fsp3) is 0.133. The summed E-state index contributed by atoms with van der Waals surface area (Å²) in [5.74, 6) is 0. The monoisotopic (exact) mass is 271 g/mol. The quantitative estimate of drug-likeness (QED) is 0.791. The maximum atomic E-state index is 6.41. The van der Waals surface area contributed by atoms with Crippen molar-refractivity contribution in [1.29, 1.82) is 0 Å². The molecule has 3 nitrogen and oxygen atoms in total. The second kappa shape index (κ2) is 5.03. The Kier molecular flexibility index (Phi) is 3.23. The van der Waals surface area contributed by atoms with Gasteiger partial charge in [-0.1, -0.05) is 29.8 Å². The summed E-state index contributed by atoms with van der Waals surface area (Å²) in [6.07, 6.45) is 3.74. The van der Waals surface area contributed by atoms with Crippen molar-refractivity contribution in [2.75, 3.05) is 7.05 Å². The average Bonchev–Trinajstić information content (AvgIpc) is 2.88. The van der Waals surface area contributed by atoms with Crippen LogP contribution in [0.25, 0.3) is 16.9 Å². The van der Waals surface area contributed by atoms with Crippen molar-refractivity contribution in [3.05, 3.63) is 59.4 Å². The summed E-state index contributed by atoms with van der Waals surface area (Å²) in [7, 11) is 1.92. The summed E-state index contributed by atoms with van der Waals surface area (Å²) in [4.78, 5) is 4.29. The van der Waals surface area contributed by atoms with Gasteiger partial charge >= 0.3 is 0 Å². The van der Waals surface area contributed by atoms with Gasteiger partial charge in [0.15, 0.2) is 0 Å². The Labute approximate surface area is 116 Å². The maximum absolute atomic E-state index is 6.41. The molecule has 3 aromatic rings. The molecule has 0 bridgehead atoms. The van der Waals surface area contributed by atoms with Crippen LogP contribution in [0.4, 0.5) is 0 Å². The standard InChI is InChI=1S/C15H14ClN3/c1-17-10-11-5-6-12(13(16)9-11)14-3-2-4-15-18-7-8-19(14)15/h2-9,17H,10H2,1H3. The second-order valence-electron chi connectivity index (χ2n) is 4.41. The zero-order valence-electron chi connectivity index (χ0n) is 10.6. The molecule has 4 heteroatoms. The Morgan fingerprint density at radius 1 is 1.26 bits per heavy atom. The molecule has 0 saturated carbocycles. The number of imidazole rings is 1. The summed E-state index contributed by atoms with van der Waals surface area (Å²) in [5.41, 5.74) is 4.17. The third-order valence-electron chi connectivity index (χ3n) is 3.12. The zero-order chi connectivity index (χ0) is 13.2. The van der Waals surface area contributed by atoms with Gasteiger partial charge in [0.1, 0.15) is 5.65 Å². The average molecular weight is 272 g/mol. The van der Waals surface area contributed by atoms with Crippen LogP contribution in [0.2, 0.25) is 5.02 Å². The summed E-state index contributed by atoms with van der Waals surface area (Å²) >= 11 is 6.41. The minimum Gasteiger partial charge on any atom is -0.316 e. The Morgan fingerprint density at radius 3 is 2.95 bits per heavy atom. The third-order valence-corrected chi connectivity index (χ3v) is 3.43. The molecule has 96 valence electrons. The first kappa shape index (κ1) is 12.2. The van der Waals surface area contributed by atoms with E-state index in [1.807, 2.05) is 41.9 Å². The molecule has 0 spiro atoms. The molecule has 1 aromatic carbocycles. The first-order chi connectivity index (χ1) is 9.29. The van der Waals surface area contributed by atoms with Crippen LogP contribution in [0.5, 0.6) is 0 Å². The van der Waals surface area contributed by atoms with E-state index < -0.39 is 0 Å². The van der Waals surface area contributed by atoms with Gasteiger partial charge in [0.2, 0.25) is 0 Å². The Bertz CT molecular complexity index is 718. The third kappa shape index (κ3) is 2.23. The maximum Gasteiger partial charge on any atom is 0.137 e. The highest BCUT2D eigenvalue weighted by molar-refractivity contribution is 6.33. The van der Waals surface area contributed by atoms with Crippen molar-refractivity contribution in [2.24, 2.45) is 0 Å². The van der Waals surface area contributed by atoms with Gasteiger partial charge < -0.3 is 5.32 Å². The van der Waals surface area contributed by atoms with Crippen molar-refractivity contribution in [3.8, 4) is 11.3 Å². The molecule has 0 unspecified atom stereocenters. The van der Waals surface area contributed by atoms with E-state index >= 15 is 0 Å². The first-order valence-corrected chi connectivity index (χ1v) is 6.53. The number of nitrogens with one attached hydrogen (secondary N) is 1. The SMILES string of the molecule is CNCc1ccc(-c2cccc3nccn23)c(Cl)c1. The van der Waals surface area contributed by atoms with E-state index in [9.17, 15) is 0 Å². The first-order valence-electron chi connectivity index (χ1n) is 6.15. The van der Waals surface area contributed by atoms with Gasteiger partial charge in [0, 0.05) is 24.5 Å². The van der Waals surface area contributed by atoms with Crippen LogP contribution in [0, 0.1) is 0 Å². The summed E-state index contributed by atoms with van der Waals surface area (Å²) in [5, 5.41) is 3.88. The van der Waals surface area contributed by atoms with Gasteiger partial charge in [-0.2, -0.15) is 0 Å². The predicted molar refractivity (Wildman–Crippen MR) is 78.4 cm³/mol. The highest BCUT2D eigenvalue weighted by atomic mass is 35.5. The number of aromatic nitrogens is 2. The molecule has 1 N–H and O–H groups in total. The van der Waals surface area contributed by atoms with Crippen LogP contribution < -0.4 is 5.32 Å². The minimum absolute atomic E-state index is 0.758. The Balaban J connectivity index is 2.13. The zero-order valence-corrected chi connectivity index (χ0v) is 11.4. The number of hydrogen-bond donors (Lipinski definition) is 1. The molecule has 0 aliphatic rings. The largest absolute Gasteiger partial charge is 0.316 e. The number of halogens is 1. The molecule has 3 rings (SSSR count). The summed E-state index contributed by atoms with van der Waals surface area (Å²) in [6, 6.07) is 12.2. The molecule has 0 atom stereocenters. The number of nitrogens with zero attached hydrogens (tertiary/aromatic N) is 2. The number of pyridine rings is 1. The molecule has 0 aliphatic heterocycles. The van der Waals surface area contributed by atoms with E-state index in [0.29, 0.717) is 0 Å². The van der Waals surface area contributed by atoms with Gasteiger partial charge in [-0.3, -0.25) is 4.40 Å².